The number of ether oxygens (including phenoxy) is 2. The van der Waals surface area contributed by atoms with Gasteiger partial charge in [-0.3, -0.25) is 0 Å². The van der Waals surface area contributed by atoms with E-state index in [-0.39, 0.29) is 12.4 Å². The molecule has 0 fully saturated rings. The first-order valence-corrected chi connectivity index (χ1v) is 8.86. The summed E-state index contributed by atoms with van der Waals surface area (Å²) >= 11 is 1.42. The summed E-state index contributed by atoms with van der Waals surface area (Å²) in [6.45, 7) is 2.06. The van der Waals surface area contributed by atoms with Gasteiger partial charge in [0.15, 0.2) is 10.6 Å². The molecule has 0 radical (unpaired) electrons. The molecule has 2 aromatic carbocycles. The molecule has 10 heteroatoms. The third-order valence-electron chi connectivity index (χ3n) is 3.76. The van der Waals surface area contributed by atoms with Crippen molar-refractivity contribution in [2.45, 2.75) is 19.9 Å². The number of aryl methyl sites for hydroxylation is 1. The average molecular weight is 407 g/mol. The van der Waals surface area contributed by atoms with Gasteiger partial charge in [-0.25, -0.2) is 0 Å². The van der Waals surface area contributed by atoms with Crippen LogP contribution in [0.1, 0.15) is 10.0 Å². The van der Waals surface area contributed by atoms with E-state index >= 15 is 0 Å². The molecule has 0 amide bonds. The van der Waals surface area contributed by atoms with Crippen molar-refractivity contribution < 1.29 is 27.2 Å². The fourth-order valence-corrected chi connectivity index (χ4v) is 3.20. The highest BCUT2D eigenvalue weighted by Crippen LogP contribution is 2.32. The predicted molar refractivity (Wildman–Crippen MR) is 95.1 cm³/mol. The lowest BCUT2D eigenvalue weighted by Crippen LogP contribution is -2.16. The number of nitrogens with zero attached hydrogens (tertiary/aromatic N) is 3. The highest BCUT2D eigenvalue weighted by molar-refractivity contribution is 7.11. The third-order valence-corrected chi connectivity index (χ3v) is 4.57. The Balaban J connectivity index is 1.56. The highest BCUT2D eigenvalue weighted by atomic mass is 32.1. The molecular formula is C18H12F3N3O3S. The lowest BCUT2D eigenvalue weighted by Gasteiger charge is -2.09. The average Bonchev–Trinajstić information content (AvgIpc) is 3.24. The minimum absolute atomic E-state index is 0.209. The number of hydrogen-bond acceptors (Lipinski definition) is 7. The van der Waals surface area contributed by atoms with Crippen molar-refractivity contribution in [3.05, 3.63) is 52.5 Å². The number of fused-ring (bicyclic) bond motifs is 1. The summed E-state index contributed by atoms with van der Waals surface area (Å²) in [6.07, 6.45) is -4.72. The van der Waals surface area contributed by atoms with Crippen LogP contribution in [0.2, 0.25) is 0 Å². The van der Waals surface area contributed by atoms with Crippen LogP contribution in [0.5, 0.6) is 11.6 Å². The number of halogens is 3. The molecule has 0 atom stereocenters. The SMILES string of the molecule is Cc1nnc(COc2noc3ccc(-c4ccc(OC(F)(F)F)cc4)cc23)s1. The lowest BCUT2D eigenvalue weighted by molar-refractivity contribution is -0.274. The first-order valence-electron chi connectivity index (χ1n) is 8.05. The Labute approximate surface area is 160 Å². The standard InChI is InChI=1S/C18H12F3N3O3S/c1-10-22-23-16(28-10)9-25-17-14-8-12(4-7-15(14)27-24-17)11-2-5-13(6-3-11)26-18(19,20)21/h2-8H,9H2,1H3. The third kappa shape index (κ3) is 4.06. The van der Waals surface area contributed by atoms with E-state index in [0.717, 1.165) is 10.6 Å². The van der Waals surface area contributed by atoms with Crippen molar-refractivity contribution >= 4 is 22.3 Å². The van der Waals surface area contributed by atoms with E-state index in [4.69, 9.17) is 9.26 Å². The Hall–Kier alpha value is -3.14. The summed E-state index contributed by atoms with van der Waals surface area (Å²) in [5.41, 5.74) is 2.01. The highest BCUT2D eigenvalue weighted by Gasteiger charge is 2.31. The van der Waals surface area contributed by atoms with Gasteiger partial charge >= 0.3 is 6.36 Å². The van der Waals surface area contributed by atoms with Gasteiger partial charge in [-0.15, -0.1) is 23.4 Å². The molecule has 0 saturated heterocycles. The zero-order chi connectivity index (χ0) is 19.7. The molecule has 0 spiro atoms. The van der Waals surface area contributed by atoms with Gasteiger partial charge in [-0.05, 0) is 47.5 Å². The Morgan fingerprint density at radius 1 is 1.04 bits per heavy atom. The molecule has 144 valence electrons. The second kappa shape index (κ2) is 7.12. The largest absolute Gasteiger partial charge is 0.573 e. The van der Waals surface area contributed by atoms with Gasteiger partial charge in [-0.1, -0.05) is 29.5 Å². The zero-order valence-electron chi connectivity index (χ0n) is 14.4. The molecule has 0 aliphatic heterocycles. The number of rotatable bonds is 5. The van der Waals surface area contributed by atoms with Gasteiger partial charge in [0.1, 0.15) is 17.4 Å². The van der Waals surface area contributed by atoms with E-state index in [1.807, 2.05) is 6.92 Å². The van der Waals surface area contributed by atoms with Gasteiger partial charge in [-0.2, -0.15) is 0 Å². The molecule has 0 saturated carbocycles. The van der Waals surface area contributed by atoms with Crippen molar-refractivity contribution in [3.8, 4) is 22.8 Å². The second-order valence-corrected chi connectivity index (χ2v) is 7.04. The van der Waals surface area contributed by atoms with Crippen LogP contribution in [0.15, 0.2) is 47.0 Å². The first kappa shape index (κ1) is 18.2. The molecule has 0 bridgehead atoms. The Morgan fingerprint density at radius 2 is 1.79 bits per heavy atom. The monoisotopic (exact) mass is 407 g/mol. The summed E-state index contributed by atoms with van der Waals surface area (Å²) in [5.74, 6) is 0.0282. The van der Waals surface area contributed by atoms with E-state index in [0.29, 0.717) is 27.4 Å². The van der Waals surface area contributed by atoms with Crippen LogP contribution in [0.4, 0.5) is 13.2 Å². The van der Waals surface area contributed by atoms with Crippen LogP contribution < -0.4 is 9.47 Å². The number of benzene rings is 2. The van der Waals surface area contributed by atoms with E-state index in [2.05, 4.69) is 20.1 Å². The van der Waals surface area contributed by atoms with Crippen LogP contribution in [-0.2, 0) is 6.61 Å². The quantitative estimate of drug-likeness (QED) is 0.457. The van der Waals surface area contributed by atoms with Gasteiger partial charge in [0.05, 0.1) is 5.39 Å². The maximum atomic E-state index is 12.3. The lowest BCUT2D eigenvalue weighted by atomic mass is 10.0. The molecule has 0 aliphatic rings. The smallest absolute Gasteiger partial charge is 0.468 e. The van der Waals surface area contributed by atoms with Gasteiger partial charge < -0.3 is 14.0 Å². The summed E-state index contributed by atoms with van der Waals surface area (Å²) in [6, 6.07) is 10.9. The number of aromatic nitrogens is 3. The number of hydrogen-bond donors (Lipinski definition) is 0. The summed E-state index contributed by atoms with van der Waals surface area (Å²) in [5, 5.41) is 14.0. The molecular weight excluding hydrogens is 395 g/mol. The van der Waals surface area contributed by atoms with Crippen LogP contribution in [0.25, 0.3) is 22.1 Å². The molecule has 0 aliphatic carbocycles. The molecule has 2 heterocycles. The van der Waals surface area contributed by atoms with Crippen LogP contribution >= 0.6 is 11.3 Å². The number of alkyl halides is 3. The van der Waals surface area contributed by atoms with E-state index < -0.39 is 6.36 Å². The Morgan fingerprint density at radius 3 is 2.46 bits per heavy atom. The second-order valence-electron chi connectivity index (χ2n) is 5.77. The van der Waals surface area contributed by atoms with Gasteiger partial charge in [0.25, 0.3) is 5.88 Å². The van der Waals surface area contributed by atoms with E-state index in [1.165, 1.54) is 23.5 Å². The first-order chi connectivity index (χ1) is 13.4. The molecule has 0 unspecified atom stereocenters. The van der Waals surface area contributed by atoms with Crippen molar-refractivity contribution in [2.24, 2.45) is 0 Å². The molecule has 4 rings (SSSR count). The fraction of sp³-hybridized carbons (Fsp3) is 0.167. The van der Waals surface area contributed by atoms with Crippen molar-refractivity contribution in [2.75, 3.05) is 0 Å². The summed E-state index contributed by atoms with van der Waals surface area (Å²) in [7, 11) is 0. The van der Waals surface area contributed by atoms with Gasteiger partial charge in [0, 0.05) is 0 Å². The van der Waals surface area contributed by atoms with Crippen LogP contribution in [0, 0.1) is 6.92 Å². The Bertz CT molecular complexity index is 1110. The normalized spacial score (nSPS) is 11.7. The van der Waals surface area contributed by atoms with Crippen molar-refractivity contribution in [3.63, 3.8) is 0 Å². The topological polar surface area (TPSA) is 70.3 Å². The van der Waals surface area contributed by atoms with Crippen LogP contribution in [-0.4, -0.2) is 21.7 Å². The molecule has 28 heavy (non-hydrogen) atoms. The molecule has 0 N–H and O–H groups in total. The van der Waals surface area contributed by atoms with Crippen molar-refractivity contribution in [1.29, 1.82) is 0 Å². The van der Waals surface area contributed by atoms with E-state index in [1.54, 1.807) is 30.3 Å². The maximum absolute atomic E-state index is 12.3. The minimum atomic E-state index is -4.72. The van der Waals surface area contributed by atoms with E-state index in [9.17, 15) is 13.2 Å². The summed E-state index contributed by atoms with van der Waals surface area (Å²) in [4.78, 5) is 0. The van der Waals surface area contributed by atoms with Crippen LogP contribution in [0.3, 0.4) is 0 Å². The fourth-order valence-electron chi connectivity index (χ4n) is 2.58. The minimum Gasteiger partial charge on any atom is -0.468 e. The maximum Gasteiger partial charge on any atom is 0.573 e. The molecule has 4 aromatic rings. The Kier molecular flexibility index (Phi) is 4.63. The van der Waals surface area contributed by atoms with Crippen molar-refractivity contribution in [1.82, 2.24) is 15.4 Å². The zero-order valence-corrected chi connectivity index (χ0v) is 15.2. The molecule has 2 aromatic heterocycles. The van der Waals surface area contributed by atoms with Gasteiger partial charge in [0.2, 0.25) is 0 Å². The molecule has 6 nitrogen and oxygen atoms in total. The predicted octanol–water partition coefficient (Wildman–Crippen LogP) is 5.13. The summed E-state index contributed by atoms with van der Waals surface area (Å²) < 4.78 is 51.7.